The first-order valence-corrected chi connectivity index (χ1v) is 6.22. The number of carbonyl (C=O) groups is 1. The van der Waals surface area contributed by atoms with Crippen LogP contribution in [0.15, 0.2) is 29.2 Å². The average Bonchev–Trinajstić information content (AvgIpc) is 2.15. The van der Waals surface area contributed by atoms with Crippen LogP contribution in [0, 0.1) is 5.92 Å². The van der Waals surface area contributed by atoms with Crippen LogP contribution in [0.5, 0.6) is 0 Å². The van der Waals surface area contributed by atoms with E-state index in [2.05, 4.69) is 0 Å². The number of rotatable bonds is 3. The zero-order chi connectivity index (χ0) is 9.97. The molecule has 1 fully saturated rings. The van der Waals surface area contributed by atoms with Crippen molar-refractivity contribution in [1.82, 2.24) is 0 Å². The molecule has 0 bridgehead atoms. The SMILES string of the molecule is CSc1cccc(C(=O)C2CCC2)c1. The van der Waals surface area contributed by atoms with Gasteiger partial charge in [0.2, 0.25) is 0 Å². The number of carbonyl (C=O) groups excluding carboxylic acids is 1. The van der Waals surface area contributed by atoms with E-state index in [-0.39, 0.29) is 0 Å². The second kappa shape index (κ2) is 4.18. The van der Waals surface area contributed by atoms with Gasteiger partial charge in [0, 0.05) is 16.4 Å². The molecular weight excluding hydrogens is 192 g/mol. The van der Waals surface area contributed by atoms with Gasteiger partial charge in [-0.05, 0) is 31.2 Å². The first-order chi connectivity index (χ1) is 6.81. The topological polar surface area (TPSA) is 17.1 Å². The van der Waals surface area contributed by atoms with Gasteiger partial charge < -0.3 is 0 Å². The standard InChI is InChI=1S/C12H14OS/c1-14-11-7-3-6-10(8-11)12(13)9-4-2-5-9/h3,6-9H,2,4-5H2,1H3. The lowest BCUT2D eigenvalue weighted by Gasteiger charge is -2.23. The third-order valence-electron chi connectivity index (χ3n) is 2.83. The Labute approximate surface area is 88.9 Å². The molecule has 0 aliphatic heterocycles. The van der Waals surface area contributed by atoms with Crippen molar-refractivity contribution in [3.8, 4) is 0 Å². The Morgan fingerprint density at radius 2 is 2.21 bits per heavy atom. The highest BCUT2D eigenvalue weighted by Gasteiger charge is 2.25. The van der Waals surface area contributed by atoms with Crippen LogP contribution in [-0.2, 0) is 0 Å². The zero-order valence-electron chi connectivity index (χ0n) is 8.32. The number of Topliss-reactive ketones (excluding diaryl/α,β-unsaturated/α-hetero) is 1. The van der Waals surface area contributed by atoms with Crippen LogP contribution in [0.25, 0.3) is 0 Å². The second-order valence-corrected chi connectivity index (χ2v) is 4.60. The van der Waals surface area contributed by atoms with Crippen LogP contribution in [0.3, 0.4) is 0 Å². The van der Waals surface area contributed by atoms with Gasteiger partial charge in [0.25, 0.3) is 0 Å². The van der Waals surface area contributed by atoms with Crippen molar-refractivity contribution in [2.24, 2.45) is 5.92 Å². The minimum absolute atomic E-state index is 0.312. The van der Waals surface area contributed by atoms with Gasteiger partial charge in [-0.1, -0.05) is 18.6 Å². The van der Waals surface area contributed by atoms with Crippen molar-refractivity contribution < 1.29 is 4.79 Å². The molecule has 0 N–H and O–H groups in total. The van der Waals surface area contributed by atoms with E-state index in [1.54, 1.807) is 11.8 Å². The second-order valence-electron chi connectivity index (χ2n) is 3.72. The van der Waals surface area contributed by atoms with Crippen molar-refractivity contribution in [3.05, 3.63) is 29.8 Å². The third kappa shape index (κ3) is 1.85. The van der Waals surface area contributed by atoms with Crippen LogP contribution >= 0.6 is 11.8 Å². The minimum Gasteiger partial charge on any atom is -0.294 e. The molecule has 0 aromatic heterocycles. The molecule has 1 saturated carbocycles. The van der Waals surface area contributed by atoms with E-state index in [1.807, 2.05) is 30.5 Å². The fraction of sp³-hybridized carbons (Fsp3) is 0.417. The fourth-order valence-corrected chi connectivity index (χ4v) is 2.14. The Bertz CT molecular complexity index is 342. The molecular formula is C12H14OS. The molecule has 1 aromatic carbocycles. The van der Waals surface area contributed by atoms with Crippen molar-refractivity contribution >= 4 is 17.5 Å². The van der Waals surface area contributed by atoms with Gasteiger partial charge in [0.15, 0.2) is 5.78 Å². The van der Waals surface area contributed by atoms with Gasteiger partial charge in [-0.2, -0.15) is 0 Å². The number of benzene rings is 1. The van der Waals surface area contributed by atoms with E-state index in [9.17, 15) is 4.79 Å². The summed E-state index contributed by atoms with van der Waals surface area (Å²) in [6.07, 6.45) is 5.43. The highest BCUT2D eigenvalue weighted by Crippen LogP contribution is 2.30. The van der Waals surface area contributed by atoms with Gasteiger partial charge in [0.05, 0.1) is 0 Å². The predicted molar refractivity (Wildman–Crippen MR) is 59.9 cm³/mol. The molecule has 0 amide bonds. The first kappa shape index (κ1) is 9.78. The lowest BCUT2D eigenvalue weighted by atomic mass is 9.80. The smallest absolute Gasteiger partial charge is 0.165 e. The van der Waals surface area contributed by atoms with Crippen molar-refractivity contribution in [2.45, 2.75) is 24.2 Å². The molecule has 0 unspecified atom stereocenters. The molecule has 0 heterocycles. The van der Waals surface area contributed by atoms with E-state index in [0.717, 1.165) is 18.4 Å². The van der Waals surface area contributed by atoms with Gasteiger partial charge >= 0.3 is 0 Å². The van der Waals surface area contributed by atoms with Gasteiger partial charge in [-0.15, -0.1) is 11.8 Å². The lowest BCUT2D eigenvalue weighted by Crippen LogP contribution is -2.21. The third-order valence-corrected chi connectivity index (χ3v) is 3.56. The van der Waals surface area contributed by atoms with Crippen LogP contribution in [0.1, 0.15) is 29.6 Å². The highest BCUT2D eigenvalue weighted by atomic mass is 32.2. The van der Waals surface area contributed by atoms with Crippen LogP contribution in [-0.4, -0.2) is 12.0 Å². The van der Waals surface area contributed by atoms with Crippen LogP contribution < -0.4 is 0 Å². The monoisotopic (exact) mass is 206 g/mol. The maximum Gasteiger partial charge on any atom is 0.165 e. The molecule has 0 spiro atoms. The van der Waals surface area contributed by atoms with Crippen LogP contribution in [0.4, 0.5) is 0 Å². The summed E-state index contributed by atoms with van der Waals surface area (Å²) in [6.45, 7) is 0. The van der Waals surface area contributed by atoms with Gasteiger partial charge in [-0.3, -0.25) is 4.79 Å². The summed E-state index contributed by atoms with van der Waals surface area (Å²) in [4.78, 5) is 13.1. The summed E-state index contributed by atoms with van der Waals surface area (Å²) in [5.41, 5.74) is 0.890. The van der Waals surface area contributed by atoms with E-state index in [4.69, 9.17) is 0 Å². The normalized spacial score (nSPS) is 16.4. The molecule has 14 heavy (non-hydrogen) atoms. The number of hydrogen-bond acceptors (Lipinski definition) is 2. The van der Waals surface area contributed by atoms with E-state index in [1.165, 1.54) is 11.3 Å². The fourth-order valence-electron chi connectivity index (χ4n) is 1.68. The Balaban J connectivity index is 2.18. The minimum atomic E-state index is 0.312. The van der Waals surface area contributed by atoms with Crippen molar-refractivity contribution in [2.75, 3.05) is 6.26 Å². The Kier molecular flexibility index (Phi) is 2.92. The van der Waals surface area contributed by atoms with Gasteiger partial charge in [-0.25, -0.2) is 0 Å². The zero-order valence-corrected chi connectivity index (χ0v) is 9.14. The quantitative estimate of drug-likeness (QED) is 0.557. The molecule has 2 rings (SSSR count). The molecule has 1 aliphatic carbocycles. The van der Waals surface area contributed by atoms with Crippen molar-refractivity contribution in [1.29, 1.82) is 0 Å². The van der Waals surface area contributed by atoms with E-state index >= 15 is 0 Å². The maximum absolute atomic E-state index is 11.9. The van der Waals surface area contributed by atoms with Crippen molar-refractivity contribution in [3.63, 3.8) is 0 Å². The molecule has 2 heteroatoms. The van der Waals surface area contributed by atoms with Crippen LogP contribution in [0.2, 0.25) is 0 Å². The molecule has 1 aliphatic rings. The average molecular weight is 206 g/mol. The molecule has 74 valence electrons. The van der Waals surface area contributed by atoms with E-state index < -0.39 is 0 Å². The Morgan fingerprint density at radius 1 is 1.43 bits per heavy atom. The summed E-state index contributed by atoms with van der Waals surface area (Å²) in [6, 6.07) is 7.95. The lowest BCUT2D eigenvalue weighted by molar-refractivity contribution is 0.0855. The largest absolute Gasteiger partial charge is 0.294 e. The molecule has 0 atom stereocenters. The Hall–Kier alpha value is -0.760. The highest BCUT2D eigenvalue weighted by molar-refractivity contribution is 7.98. The van der Waals surface area contributed by atoms with Gasteiger partial charge in [0.1, 0.15) is 0 Å². The molecule has 0 saturated heterocycles. The Morgan fingerprint density at radius 3 is 2.79 bits per heavy atom. The van der Waals surface area contributed by atoms with E-state index in [0.29, 0.717) is 11.7 Å². The number of hydrogen-bond donors (Lipinski definition) is 0. The molecule has 1 aromatic rings. The predicted octanol–water partition coefficient (Wildman–Crippen LogP) is 3.39. The first-order valence-electron chi connectivity index (χ1n) is 4.99. The summed E-state index contributed by atoms with van der Waals surface area (Å²) < 4.78 is 0. The summed E-state index contributed by atoms with van der Waals surface area (Å²) in [5, 5.41) is 0. The molecule has 1 nitrogen and oxygen atoms in total. The summed E-state index contributed by atoms with van der Waals surface area (Å²) >= 11 is 1.69. The molecule has 0 radical (unpaired) electrons. The number of thioether (sulfide) groups is 1. The number of ketones is 1. The summed E-state index contributed by atoms with van der Waals surface area (Å²) in [7, 11) is 0. The maximum atomic E-state index is 11.9. The summed E-state index contributed by atoms with van der Waals surface area (Å²) in [5.74, 6) is 0.652.